The van der Waals surface area contributed by atoms with Crippen molar-refractivity contribution < 1.29 is 9.21 Å². The van der Waals surface area contributed by atoms with Crippen LogP contribution in [-0.4, -0.2) is 25.2 Å². The second-order valence-corrected chi connectivity index (χ2v) is 3.97. The summed E-state index contributed by atoms with van der Waals surface area (Å²) in [6.07, 6.45) is 4.89. The van der Waals surface area contributed by atoms with E-state index in [1.807, 2.05) is 0 Å². The van der Waals surface area contributed by atoms with E-state index in [-0.39, 0.29) is 12.1 Å². The summed E-state index contributed by atoms with van der Waals surface area (Å²) >= 11 is 0. The summed E-state index contributed by atoms with van der Waals surface area (Å²) < 4.78 is 5.03. The van der Waals surface area contributed by atoms with E-state index in [0.717, 1.165) is 25.9 Å². The first-order valence-electron chi connectivity index (χ1n) is 5.66. The van der Waals surface area contributed by atoms with Crippen molar-refractivity contribution in [3.05, 3.63) is 18.4 Å². The minimum absolute atomic E-state index is 0.205. The number of hydrogen-bond acceptors (Lipinski definition) is 3. The second kappa shape index (κ2) is 5.55. The SMILES string of the molecule is O=C(Nc1ccco1)NC1CCCCNC1. The first-order valence-corrected chi connectivity index (χ1v) is 5.66. The quantitative estimate of drug-likeness (QED) is 0.712. The van der Waals surface area contributed by atoms with Gasteiger partial charge in [-0.3, -0.25) is 5.32 Å². The maximum absolute atomic E-state index is 11.6. The zero-order valence-corrected chi connectivity index (χ0v) is 9.16. The Labute approximate surface area is 94.6 Å². The predicted molar refractivity (Wildman–Crippen MR) is 61.4 cm³/mol. The van der Waals surface area contributed by atoms with E-state index in [9.17, 15) is 4.79 Å². The molecule has 0 aromatic carbocycles. The zero-order valence-electron chi connectivity index (χ0n) is 9.16. The molecule has 0 spiro atoms. The normalized spacial score (nSPS) is 21.1. The maximum Gasteiger partial charge on any atom is 0.321 e. The lowest BCUT2D eigenvalue weighted by Gasteiger charge is -2.16. The number of carbonyl (C=O) groups excluding carboxylic acids is 1. The van der Waals surface area contributed by atoms with E-state index in [1.165, 1.54) is 12.7 Å². The molecule has 16 heavy (non-hydrogen) atoms. The van der Waals surface area contributed by atoms with Crippen molar-refractivity contribution in [2.45, 2.75) is 25.3 Å². The highest BCUT2D eigenvalue weighted by atomic mass is 16.3. The Hall–Kier alpha value is -1.49. The molecule has 2 rings (SSSR count). The molecule has 0 radical (unpaired) electrons. The van der Waals surface area contributed by atoms with Gasteiger partial charge in [-0.1, -0.05) is 6.42 Å². The molecule has 0 aliphatic carbocycles. The van der Waals surface area contributed by atoms with Gasteiger partial charge in [0.25, 0.3) is 0 Å². The van der Waals surface area contributed by atoms with Crippen molar-refractivity contribution in [3.8, 4) is 0 Å². The number of amides is 2. The first-order chi connectivity index (χ1) is 7.84. The Balaban J connectivity index is 1.77. The smallest absolute Gasteiger partial charge is 0.321 e. The number of furan rings is 1. The monoisotopic (exact) mass is 223 g/mol. The van der Waals surface area contributed by atoms with Crippen LogP contribution < -0.4 is 16.0 Å². The molecule has 3 N–H and O–H groups in total. The van der Waals surface area contributed by atoms with Gasteiger partial charge in [0.05, 0.1) is 6.26 Å². The molecule has 1 aromatic heterocycles. The van der Waals surface area contributed by atoms with E-state index in [2.05, 4.69) is 16.0 Å². The minimum Gasteiger partial charge on any atom is -0.449 e. The Morgan fingerprint density at radius 2 is 2.44 bits per heavy atom. The summed E-state index contributed by atoms with van der Waals surface area (Å²) in [7, 11) is 0. The first kappa shape index (κ1) is 11.0. The molecule has 1 aliphatic rings. The number of nitrogens with one attached hydrogen (secondary N) is 3. The number of hydrogen-bond donors (Lipinski definition) is 3. The standard InChI is InChI=1S/C11H17N3O2/c15-11(14-10-5-3-7-16-10)13-9-4-1-2-6-12-8-9/h3,5,7,9,12H,1-2,4,6,8H2,(H2,13,14,15). The van der Waals surface area contributed by atoms with Gasteiger partial charge >= 0.3 is 6.03 Å². The Kier molecular flexibility index (Phi) is 3.82. The zero-order chi connectivity index (χ0) is 11.2. The van der Waals surface area contributed by atoms with Gasteiger partial charge in [0, 0.05) is 18.7 Å². The van der Waals surface area contributed by atoms with Crippen LogP contribution in [-0.2, 0) is 0 Å². The lowest BCUT2D eigenvalue weighted by atomic mass is 10.1. The van der Waals surface area contributed by atoms with Crippen LogP contribution in [0.2, 0.25) is 0 Å². The minimum atomic E-state index is -0.205. The number of anilines is 1. The van der Waals surface area contributed by atoms with Gasteiger partial charge in [0.1, 0.15) is 0 Å². The van der Waals surface area contributed by atoms with Crippen LogP contribution in [0.1, 0.15) is 19.3 Å². The summed E-state index contributed by atoms with van der Waals surface area (Å²) in [6, 6.07) is 3.45. The van der Waals surface area contributed by atoms with E-state index in [1.54, 1.807) is 12.1 Å². The molecule has 88 valence electrons. The van der Waals surface area contributed by atoms with Crippen molar-refractivity contribution in [2.24, 2.45) is 0 Å². The fourth-order valence-electron chi connectivity index (χ4n) is 1.83. The van der Waals surface area contributed by atoms with Crippen molar-refractivity contribution in [1.82, 2.24) is 10.6 Å². The fraction of sp³-hybridized carbons (Fsp3) is 0.545. The molecule has 5 nitrogen and oxygen atoms in total. The van der Waals surface area contributed by atoms with Gasteiger partial charge < -0.3 is 15.1 Å². The van der Waals surface area contributed by atoms with Crippen molar-refractivity contribution in [1.29, 1.82) is 0 Å². The van der Waals surface area contributed by atoms with Gasteiger partial charge in [-0.05, 0) is 25.5 Å². The number of urea groups is 1. The summed E-state index contributed by atoms with van der Waals surface area (Å²) in [6.45, 7) is 1.88. The molecular formula is C11H17N3O2. The molecule has 1 fully saturated rings. The van der Waals surface area contributed by atoms with E-state index < -0.39 is 0 Å². The predicted octanol–water partition coefficient (Wildman–Crippen LogP) is 1.54. The third-order valence-electron chi connectivity index (χ3n) is 2.64. The average molecular weight is 223 g/mol. The molecule has 1 saturated heterocycles. The molecule has 5 heteroatoms. The fourth-order valence-corrected chi connectivity index (χ4v) is 1.83. The molecule has 2 heterocycles. The maximum atomic E-state index is 11.6. The van der Waals surface area contributed by atoms with Crippen molar-refractivity contribution in [2.75, 3.05) is 18.4 Å². The van der Waals surface area contributed by atoms with Crippen LogP contribution >= 0.6 is 0 Å². The van der Waals surface area contributed by atoms with Gasteiger partial charge in [-0.15, -0.1) is 0 Å². The molecule has 1 atom stereocenters. The van der Waals surface area contributed by atoms with Crippen LogP contribution in [0.5, 0.6) is 0 Å². The van der Waals surface area contributed by atoms with Crippen LogP contribution in [0, 0.1) is 0 Å². The Bertz CT molecular complexity index is 316. The van der Waals surface area contributed by atoms with E-state index >= 15 is 0 Å². The Morgan fingerprint density at radius 1 is 1.50 bits per heavy atom. The van der Waals surface area contributed by atoms with Crippen molar-refractivity contribution >= 4 is 11.9 Å². The summed E-state index contributed by atoms with van der Waals surface area (Å²) in [5, 5.41) is 8.87. The third-order valence-corrected chi connectivity index (χ3v) is 2.64. The van der Waals surface area contributed by atoms with E-state index in [4.69, 9.17) is 4.42 Å². The van der Waals surface area contributed by atoms with E-state index in [0.29, 0.717) is 5.88 Å². The van der Waals surface area contributed by atoms with Crippen LogP contribution in [0.4, 0.5) is 10.7 Å². The van der Waals surface area contributed by atoms with Gasteiger partial charge in [0.2, 0.25) is 5.88 Å². The summed E-state index contributed by atoms with van der Waals surface area (Å²) in [5.41, 5.74) is 0. The molecular weight excluding hydrogens is 206 g/mol. The summed E-state index contributed by atoms with van der Waals surface area (Å²) in [5.74, 6) is 0.471. The largest absolute Gasteiger partial charge is 0.449 e. The van der Waals surface area contributed by atoms with Gasteiger partial charge in [-0.2, -0.15) is 0 Å². The topological polar surface area (TPSA) is 66.3 Å². The highest BCUT2D eigenvalue weighted by Crippen LogP contribution is 2.07. The molecule has 1 aliphatic heterocycles. The molecule has 0 saturated carbocycles. The number of carbonyl (C=O) groups is 1. The Morgan fingerprint density at radius 3 is 3.25 bits per heavy atom. The average Bonchev–Trinajstić information content (AvgIpc) is 2.62. The highest BCUT2D eigenvalue weighted by molar-refractivity contribution is 5.87. The van der Waals surface area contributed by atoms with Crippen LogP contribution in [0.25, 0.3) is 0 Å². The van der Waals surface area contributed by atoms with Crippen LogP contribution in [0.3, 0.4) is 0 Å². The molecule has 1 aromatic rings. The summed E-state index contributed by atoms with van der Waals surface area (Å²) in [4.78, 5) is 11.6. The second-order valence-electron chi connectivity index (χ2n) is 3.97. The third kappa shape index (κ3) is 3.27. The van der Waals surface area contributed by atoms with Gasteiger partial charge in [0.15, 0.2) is 0 Å². The van der Waals surface area contributed by atoms with Gasteiger partial charge in [-0.25, -0.2) is 4.79 Å². The lowest BCUT2D eigenvalue weighted by Crippen LogP contribution is -2.42. The van der Waals surface area contributed by atoms with Crippen LogP contribution in [0.15, 0.2) is 22.8 Å². The molecule has 0 bridgehead atoms. The lowest BCUT2D eigenvalue weighted by molar-refractivity contribution is 0.247. The molecule has 2 amide bonds. The number of rotatable bonds is 2. The molecule has 1 unspecified atom stereocenters. The van der Waals surface area contributed by atoms with Crippen molar-refractivity contribution in [3.63, 3.8) is 0 Å². The highest BCUT2D eigenvalue weighted by Gasteiger charge is 2.14.